The van der Waals surface area contributed by atoms with E-state index in [1.807, 2.05) is 26.0 Å². The summed E-state index contributed by atoms with van der Waals surface area (Å²) >= 11 is 0. The van der Waals surface area contributed by atoms with Crippen molar-refractivity contribution in [2.24, 2.45) is 0 Å². The predicted molar refractivity (Wildman–Crippen MR) is 64.1 cm³/mol. The highest BCUT2D eigenvalue weighted by molar-refractivity contribution is 5.68. The molecule has 0 aliphatic heterocycles. The molecule has 1 aromatic carbocycles. The maximum absolute atomic E-state index is 5.86. The molecule has 0 saturated carbocycles. The quantitative estimate of drug-likeness (QED) is 0.556. The molecule has 74 valence electrons. The maximum atomic E-state index is 5.86. The third kappa shape index (κ3) is 2.49. The molecule has 1 rings (SSSR count). The van der Waals surface area contributed by atoms with Crippen LogP contribution in [0.3, 0.4) is 0 Å². The minimum atomic E-state index is 0.816. The lowest BCUT2D eigenvalue weighted by molar-refractivity contribution is 1.38. The molecule has 0 radical (unpaired) electrons. The molecule has 0 saturated heterocycles. The summed E-state index contributed by atoms with van der Waals surface area (Å²) in [4.78, 5) is 0. The molecule has 14 heavy (non-hydrogen) atoms. The molecule has 0 bridgehead atoms. The molecule has 0 atom stereocenters. The lowest BCUT2D eigenvalue weighted by Gasteiger charge is -2.04. The van der Waals surface area contributed by atoms with Crippen LogP contribution >= 0.6 is 0 Å². The van der Waals surface area contributed by atoms with Crippen LogP contribution in [0.2, 0.25) is 0 Å². The fourth-order valence-electron chi connectivity index (χ4n) is 1.18. The first kappa shape index (κ1) is 10.6. The predicted octanol–water partition coefficient (Wildman–Crippen LogP) is 3.56. The SMILES string of the molecule is C=C(C)/C(C)=C/c1cc(C)ccc1N. The van der Waals surface area contributed by atoms with Gasteiger partial charge in [0.2, 0.25) is 0 Å². The van der Waals surface area contributed by atoms with Gasteiger partial charge in [0.25, 0.3) is 0 Å². The van der Waals surface area contributed by atoms with Crippen LogP contribution in [0.25, 0.3) is 6.08 Å². The number of hydrogen-bond donors (Lipinski definition) is 1. The van der Waals surface area contributed by atoms with Gasteiger partial charge in [0, 0.05) is 5.69 Å². The van der Waals surface area contributed by atoms with Crippen molar-refractivity contribution in [2.45, 2.75) is 20.8 Å². The van der Waals surface area contributed by atoms with E-state index in [0.717, 1.165) is 16.8 Å². The fourth-order valence-corrected chi connectivity index (χ4v) is 1.18. The number of nitrogen functional groups attached to an aromatic ring is 1. The van der Waals surface area contributed by atoms with Crippen LogP contribution in [0.4, 0.5) is 5.69 Å². The molecule has 2 N–H and O–H groups in total. The zero-order chi connectivity index (χ0) is 10.7. The van der Waals surface area contributed by atoms with Crippen molar-refractivity contribution in [2.75, 3.05) is 5.73 Å². The van der Waals surface area contributed by atoms with E-state index in [1.165, 1.54) is 11.1 Å². The van der Waals surface area contributed by atoms with Crippen molar-refractivity contribution < 1.29 is 0 Å². The topological polar surface area (TPSA) is 26.0 Å². The molecule has 1 aromatic rings. The largest absolute Gasteiger partial charge is 0.398 e. The zero-order valence-corrected chi connectivity index (χ0v) is 9.09. The minimum absolute atomic E-state index is 0.816. The number of rotatable bonds is 2. The Bertz CT molecular complexity index is 386. The van der Waals surface area contributed by atoms with Crippen molar-refractivity contribution in [1.29, 1.82) is 0 Å². The second-order valence-corrected chi connectivity index (χ2v) is 3.74. The monoisotopic (exact) mass is 187 g/mol. The second kappa shape index (κ2) is 4.14. The molecule has 0 spiro atoms. The van der Waals surface area contributed by atoms with Gasteiger partial charge in [0.05, 0.1) is 0 Å². The Labute approximate surface area is 85.9 Å². The van der Waals surface area contributed by atoms with Gasteiger partial charge in [-0.2, -0.15) is 0 Å². The first-order valence-electron chi connectivity index (χ1n) is 4.71. The summed E-state index contributed by atoms with van der Waals surface area (Å²) in [6.45, 7) is 10.0. The van der Waals surface area contributed by atoms with Crippen molar-refractivity contribution in [3.05, 3.63) is 47.1 Å². The van der Waals surface area contributed by atoms with Gasteiger partial charge in [-0.15, -0.1) is 0 Å². The first-order chi connectivity index (χ1) is 6.50. The molecular formula is C13H17N. The van der Waals surface area contributed by atoms with Gasteiger partial charge in [0.1, 0.15) is 0 Å². The highest BCUT2D eigenvalue weighted by atomic mass is 14.5. The molecule has 0 amide bonds. The van der Waals surface area contributed by atoms with Crippen LogP contribution in [0.5, 0.6) is 0 Å². The Balaban J connectivity index is 3.13. The summed E-state index contributed by atoms with van der Waals surface area (Å²) in [6.07, 6.45) is 2.07. The van der Waals surface area contributed by atoms with E-state index in [1.54, 1.807) is 0 Å². The standard InChI is InChI=1S/C13H17N/c1-9(2)11(4)8-12-7-10(3)5-6-13(12)14/h5-8H,1,14H2,2-4H3/b11-8+. The van der Waals surface area contributed by atoms with E-state index >= 15 is 0 Å². The van der Waals surface area contributed by atoms with Crippen molar-refractivity contribution >= 4 is 11.8 Å². The van der Waals surface area contributed by atoms with Gasteiger partial charge in [-0.25, -0.2) is 0 Å². The van der Waals surface area contributed by atoms with Gasteiger partial charge in [-0.3, -0.25) is 0 Å². The minimum Gasteiger partial charge on any atom is -0.398 e. The van der Waals surface area contributed by atoms with Gasteiger partial charge in [-0.1, -0.05) is 23.8 Å². The van der Waals surface area contributed by atoms with Crippen molar-refractivity contribution in [1.82, 2.24) is 0 Å². The average Bonchev–Trinajstić information content (AvgIpc) is 2.11. The summed E-state index contributed by atoms with van der Waals surface area (Å²) in [7, 11) is 0. The number of allylic oxidation sites excluding steroid dienone is 2. The number of nitrogens with two attached hydrogens (primary N) is 1. The fraction of sp³-hybridized carbons (Fsp3) is 0.231. The summed E-state index contributed by atoms with van der Waals surface area (Å²) < 4.78 is 0. The van der Waals surface area contributed by atoms with E-state index in [0.29, 0.717) is 0 Å². The molecule has 0 heterocycles. The maximum Gasteiger partial charge on any atom is 0.0387 e. The van der Waals surface area contributed by atoms with Gasteiger partial charge >= 0.3 is 0 Å². The van der Waals surface area contributed by atoms with Crippen LogP contribution in [0, 0.1) is 6.92 Å². The smallest absolute Gasteiger partial charge is 0.0387 e. The number of benzene rings is 1. The van der Waals surface area contributed by atoms with Crippen LogP contribution in [0.1, 0.15) is 25.0 Å². The lowest BCUT2D eigenvalue weighted by atomic mass is 10.0. The van der Waals surface area contributed by atoms with Crippen molar-refractivity contribution in [3.63, 3.8) is 0 Å². The second-order valence-electron chi connectivity index (χ2n) is 3.74. The molecule has 0 aliphatic rings. The highest BCUT2D eigenvalue weighted by Crippen LogP contribution is 2.19. The average molecular weight is 187 g/mol. The molecule has 1 nitrogen and oxygen atoms in total. The summed E-state index contributed by atoms with van der Waals surface area (Å²) in [5.74, 6) is 0. The van der Waals surface area contributed by atoms with Gasteiger partial charge < -0.3 is 5.73 Å². The lowest BCUT2D eigenvalue weighted by Crippen LogP contribution is -1.90. The Morgan fingerprint density at radius 2 is 2.00 bits per heavy atom. The van der Waals surface area contributed by atoms with Crippen LogP contribution in [-0.4, -0.2) is 0 Å². The Morgan fingerprint density at radius 1 is 1.36 bits per heavy atom. The molecule has 0 fully saturated rings. The third-order valence-corrected chi connectivity index (χ3v) is 2.29. The normalized spacial score (nSPS) is 11.5. The summed E-state index contributed by atoms with van der Waals surface area (Å²) in [5.41, 5.74) is 11.2. The van der Waals surface area contributed by atoms with Crippen LogP contribution in [0.15, 0.2) is 35.9 Å². The molecular weight excluding hydrogens is 170 g/mol. The molecule has 0 unspecified atom stereocenters. The number of aryl methyl sites for hydroxylation is 1. The number of anilines is 1. The van der Waals surface area contributed by atoms with E-state index in [2.05, 4.69) is 25.6 Å². The zero-order valence-electron chi connectivity index (χ0n) is 9.09. The highest BCUT2D eigenvalue weighted by Gasteiger charge is 1.97. The van der Waals surface area contributed by atoms with E-state index in [-0.39, 0.29) is 0 Å². The Kier molecular flexibility index (Phi) is 3.13. The van der Waals surface area contributed by atoms with Crippen molar-refractivity contribution in [3.8, 4) is 0 Å². The Hall–Kier alpha value is -1.50. The molecule has 0 aromatic heterocycles. The third-order valence-electron chi connectivity index (χ3n) is 2.29. The summed E-state index contributed by atoms with van der Waals surface area (Å²) in [5, 5.41) is 0. The molecule has 0 aliphatic carbocycles. The Morgan fingerprint density at radius 3 is 2.57 bits per heavy atom. The van der Waals surface area contributed by atoms with E-state index < -0.39 is 0 Å². The first-order valence-corrected chi connectivity index (χ1v) is 4.71. The van der Waals surface area contributed by atoms with E-state index in [4.69, 9.17) is 5.73 Å². The van der Waals surface area contributed by atoms with E-state index in [9.17, 15) is 0 Å². The van der Waals surface area contributed by atoms with Crippen LogP contribution in [-0.2, 0) is 0 Å². The molecule has 1 heteroatoms. The summed E-state index contributed by atoms with van der Waals surface area (Å²) in [6, 6.07) is 6.04. The number of hydrogen-bond acceptors (Lipinski definition) is 1. The van der Waals surface area contributed by atoms with Gasteiger partial charge in [0.15, 0.2) is 0 Å². The van der Waals surface area contributed by atoms with Gasteiger partial charge in [-0.05, 0) is 50.1 Å². The van der Waals surface area contributed by atoms with Crippen LogP contribution < -0.4 is 5.73 Å².